The number of aromatic nitrogens is 2. The second-order valence-corrected chi connectivity index (χ2v) is 5.09. The Labute approximate surface area is 116 Å². The van der Waals surface area contributed by atoms with E-state index < -0.39 is 0 Å². The van der Waals surface area contributed by atoms with E-state index in [2.05, 4.69) is 21.7 Å². The first-order valence-corrected chi connectivity index (χ1v) is 6.69. The third-order valence-electron chi connectivity index (χ3n) is 3.94. The maximum absolute atomic E-state index is 14.3. The van der Waals surface area contributed by atoms with Gasteiger partial charge in [0.2, 0.25) is 0 Å². The molecule has 0 spiro atoms. The molecule has 1 unspecified atom stereocenters. The van der Waals surface area contributed by atoms with Gasteiger partial charge in [-0.05, 0) is 18.1 Å². The number of imidazole rings is 1. The number of benzene rings is 2. The lowest BCUT2D eigenvalue weighted by Gasteiger charge is -2.15. The van der Waals surface area contributed by atoms with E-state index in [1.807, 2.05) is 30.5 Å². The van der Waals surface area contributed by atoms with Crippen molar-refractivity contribution in [3.8, 4) is 11.3 Å². The van der Waals surface area contributed by atoms with Gasteiger partial charge in [0.05, 0.1) is 24.3 Å². The molecule has 4 rings (SSSR count). The van der Waals surface area contributed by atoms with Crippen LogP contribution < -0.4 is 0 Å². The van der Waals surface area contributed by atoms with Gasteiger partial charge < -0.3 is 4.57 Å². The number of nitrogens with zero attached hydrogens (tertiary/aromatic N) is 2. The Balaban J connectivity index is 1.85. The zero-order valence-electron chi connectivity index (χ0n) is 10.8. The zero-order chi connectivity index (χ0) is 13.5. The molecule has 20 heavy (non-hydrogen) atoms. The molecule has 0 saturated heterocycles. The van der Waals surface area contributed by atoms with Crippen LogP contribution in [0.2, 0.25) is 0 Å². The lowest BCUT2D eigenvalue weighted by Crippen LogP contribution is -2.09. The molecule has 1 aromatic heterocycles. The maximum Gasteiger partial charge on any atom is 0.129 e. The molecule has 1 aliphatic heterocycles. The lowest BCUT2D eigenvalue weighted by molar-refractivity contribution is 0.548. The second kappa shape index (κ2) is 4.30. The zero-order valence-corrected chi connectivity index (χ0v) is 10.8. The van der Waals surface area contributed by atoms with Gasteiger partial charge in [-0.3, -0.25) is 0 Å². The van der Waals surface area contributed by atoms with Gasteiger partial charge in [0.15, 0.2) is 0 Å². The summed E-state index contributed by atoms with van der Waals surface area (Å²) >= 11 is 0. The Morgan fingerprint density at radius 1 is 1.05 bits per heavy atom. The number of halogens is 1. The molecule has 2 heterocycles. The minimum absolute atomic E-state index is 0.00824. The number of fused-ring (bicyclic) bond motifs is 3. The van der Waals surface area contributed by atoms with Crippen LogP contribution in [0.5, 0.6) is 0 Å². The predicted octanol–water partition coefficient (Wildman–Crippen LogP) is 3.83. The summed E-state index contributed by atoms with van der Waals surface area (Å²) in [7, 11) is 0. The summed E-state index contributed by atoms with van der Waals surface area (Å²) in [6.07, 6.45) is 4.38. The molecule has 3 heteroatoms. The van der Waals surface area contributed by atoms with Crippen LogP contribution in [0.4, 0.5) is 4.39 Å². The molecule has 0 bridgehead atoms. The third-order valence-corrected chi connectivity index (χ3v) is 3.94. The standard InChI is InChI=1S/C17H13FN2/c18-14-8-4-7-13-16-10-19-11-20(16)15(17(13)14)9-12-5-2-1-3-6-12/h1-8,10-11,15H,9H2. The highest BCUT2D eigenvalue weighted by molar-refractivity contribution is 5.69. The summed E-state index contributed by atoms with van der Waals surface area (Å²) < 4.78 is 16.3. The van der Waals surface area contributed by atoms with Gasteiger partial charge in [-0.2, -0.15) is 0 Å². The Bertz CT molecular complexity index is 762. The Kier molecular flexibility index (Phi) is 2.46. The van der Waals surface area contributed by atoms with E-state index in [1.54, 1.807) is 12.4 Å². The van der Waals surface area contributed by atoms with Crippen molar-refractivity contribution in [1.29, 1.82) is 0 Å². The van der Waals surface area contributed by atoms with E-state index in [-0.39, 0.29) is 11.9 Å². The molecule has 1 aliphatic rings. The van der Waals surface area contributed by atoms with Crippen LogP contribution in [0.25, 0.3) is 11.3 Å². The van der Waals surface area contributed by atoms with Crippen LogP contribution in [-0.4, -0.2) is 9.55 Å². The summed E-state index contributed by atoms with van der Waals surface area (Å²) in [5.41, 5.74) is 3.95. The molecule has 1 atom stereocenters. The fraction of sp³-hybridized carbons (Fsp3) is 0.118. The molecule has 98 valence electrons. The quantitative estimate of drug-likeness (QED) is 0.687. The van der Waals surface area contributed by atoms with E-state index in [4.69, 9.17) is 0 Å². The molecule has 0 radical (unpaired) electrons. The van der Waals surface area contributed by atoms with Crippen molar-refractivity contribution in [3.63, 3.8) is 0 Å². The van der Waals surface area contributed by atoms with Crippen LogP contribution in [0, 0.1) is 5.82 Å². The van der Waals surface area contributed by atoms with Crippen molar-refractivity contribution >= 4 is 0 Å². The van der Waals surface area contributed by atoms with Crippen molar-refractivity contribution in [1.82, 2.24) is 9.55 Å². The Morgan fingerprint density at radius 3 is 2.75 bits per heavy atom. The Morgan fingerprint density at radius 2 is 1.90 bits per heavy atom. The number of hydrogen-bond donors (Lipinski definition) is 0. The lowest BCUT2D eigenvalue weighted by atomic mass is 9.97. The van der Waals surface area contributed by atoms with Crippen molar-refractivity contribution in [2.45, 2.75) is 12.5 Å². The fourth-order valence-electron chi connectivity index (χ4n) is 3.04. The minimum atomic E-state index is -0.132. The van der Waals surface area contributed by atoms with Gasteiger partial charge >= 0.3 is 0 Å². The van der Waals surface area contributed by atoms with E-state index in [0.29, 0.717) is 0 Å². The highest BCUT2D eigenvalue weighted by Crippen LogP contribution is 2.41. The number of rotatable bonds is 2. The van der Waals surface area contributed by atoms with Crippen LogP contribution in [-0.2, 0) is 6.42 Å². The smallest absolute Gasteiger partial charge is 0.129 e. The average Bonchev–Trinajstić information content (AvgIpc) is 3.04. The monoisotopic (exact) mass is 264 g/mol. The molecule has 0 saturated carbocycles. The summed E-state index contributed by atoms with van der Waals surface area (Å²) in [6.45, 7) is 0. The average molecular weight is 264 g/mol. The van der Waals surface area contributed by atoms with E-state index in [1.165, 1.54) is 11.6 Å². The topological polar surface area (TPSA) is 17.8 Å². The first-order chi connectivity index (χ1) is 9.84. The third kappa shape index (κ3) is 1.59. The molecule has 0 amide bonds. The SMILES string of the molecule is Fc1cccc2c1C(Cc1ccccc1)n1cncc1-2. The number of hydrogen-bond acceptors (Lipinski definition) is 1. The normalized spacial score (nSPS) is 15.9. The van der Waals surface area contributed by atoms with Crippen molar-refractivity contribution in [2.24, 2.45) is 0 Å². The molecule has 2 nitrogen and oxygen atoms in total. The Hall–Kier alpha value is -2.42. The van der Waals surface area contributed by atoms with Crippen molar-refractivity contribution in [2.75, 3.05) is 0 Å². The second-order valence-electron chi connectivity index (χ2n) is 5.09. The van der Waals surface area contributed by atoms with Crippen LogP contribution >= 0.6 is 0 Å². The van der Waals surface area contributed by atoms with Gasteiger partial charge in [0, 0.05) is 11.1 Å². The fourth-order valence-corrected chi connectivity index (χ4v) is 3.04. The van der Waals surface area contributed by atoms with Crippen LogP contribution in [0.1, 0.15) is 17.2 Å². The molecular formula is C17H13FN2. The van der Waals surface area contributed by atoms with Gasteiger partial charge in [0.1, 0.15) is 5.82 Å². The first kappa shape index (κ1) is 11.4. The largest absolute Gasteiger partial charge is 0.323 e. The van der Waals surface area contributed by atoms with E-state index in [9.17, 15) is 4.39 Å². The molecule has 0 N–H and O–H groups in total. The summed E-state index contributed by atoms with van der Waals surface area (Å²) in [4.78, 5) is 4.20. The minimum Gasteiger partial charge on any atom is -0.323 e. The summed E-state index contributed by atoms with van der Waals surface area (Å²) in [5, 5.41) is 0. The highest BCUT2D eigenvalue weighted by Gasteiger charge is 2.30. The van der Waals surface area contributed by atoms with Crippen LogP contribution in [0.3, 0.4) is 0 Å². The molecule has 0 aliphatic carbocycles. The highest BCUT2D eigenvalue weighted by atomic mass is 19.1. The molecular weight excluding hydrogens is 251 g/mol. The van der Waals surface area contributed by atoms with E-state index in [0.717, 1.165) is 23.2 Å². The van der Waals surface area contributed by atoms with Gasteiger partial charge in [0.25, 0.3) is 0 Å². The summed E-state index contributed by atoms with van der Waals surface area (Å²) in [5.74, 6) is -0.132. The van der Waals surface area contributed by atoms with Crippen molar-refractivity contribution in [3.05, 3.63) is 78.0 Å². The molecule has 2 aromatic carbocycles. The molecule has 0 fully saturated rings. The van der Waals surface area contributed by atoms with Gasteiger partial charge in [-0.15, -0.1) is 0 Å². The first-order valence-electron chi connectivity index (χ1n) is 6.69. The maximum atomic E-state index is 14.3. The van der Waals surface area contributed by atoms with Gasteiger partial charge in [-0.25, -0.2) is 9.37 Å². The predicted molar refractivity (Wildman–Crippen MR) is 75.9 cm³/mol. The van der Waals surface area contributed by atoms with Gasteiger partial charge in [-0.1, -0.05) is 42.5 Å². The molecule has 3 aromatic rings. The van der Waals surface area contributed by atoms with Crippen molar-refractivity contribution < 1.29 is 4.39 Å². The van der Waals surface area contributed by atoms with E-state index >= 15 is 0 Å². The van der Waals surface area contributed by atoms with Crippen LogP contribution in [0.15, 0.2) is 61.1 Å². The summed E-state index contributed by atoms with van der Waals surface area (Å²) in [6, 6.07) is 15.4.